The molecule has 0 aliphatic heterocycles. The van der Waals surface area contributed by atoms with Crippen molar-refractivity contribution in [1.82, 2.24) is 4.98 Å². The maximum absolute atomic E-state index is 12.1. The van der Waals surface area contributed by atoms with E-state index in [1.165, 1.54) is 0 Å². The largest absolute Gasteiger partial charge is 0.463 e. The molecule has 4 nitrogen and oxygen atoms in total. The monoisotopic (exact) mass is 264 g/mol. The summed E-state index contributed by atoms with van der Waals surface area (Å²) >= 11 is 0. The van der Waals surface area contributed by atoms with E-state index in [0.29, 0.717) is 0 Å². The Morgan fingerprint density at radius 2 is 1.95 bits per heavy atom. The average molecular weight is 264 g/mol. The lowest BCUT2D eigenvalue weighted by atomic mass is 9.85. The molecule has 1 heterocycles. The van der Waals surface area contributed by atoms with Crippen LogP contribution in [0.25, 0.3) is 0 Å². The molecule has 0 spiro atoms. The lowest BCUT2D eigenvalue weighted by Gasteiger charge is -2.28. The fourth-order valence-electron chi connectivity index (χ4n) is 1.70. The molecule has 2 N–H and O–H groups in total. The quantitative estimate of drug-likeness (QED) is 0.802. The second-order valence-electron chi connectivity index (χ2n) is 5.48. The molecular weight excluding hydrogens is 240 g/mol. The van der Waals surface area contributed by atoms with Gasteiger partial charge in [-0.2, -0.15) is 0 Å². The number of rotatable bonds is 6. The topological polar surface area (TPSA) is 65.2 Å². The Kier molecular flexibility index (Phi) is 5.06. The minimum atomic E-state index is -0.765. The summed E-state index contributed by atoms with van der Waals surface area (Å²) in [6, 6.07) is 5.54. The van der Waals surface area contributed by atoms with Crippen LogP contribution in [0.4, 0.5) is 0 Å². The molecule has 1 aromatic heterocycles. The Morgan fingerprint density at radius 1 is 1.32 bits per heavy atom. The first-order valence-corrected chi connectivity index (χ1v) is 6.73. The molecule has 106 valence electrons. The molecule has 1 unspecified atom stereocenters. The van der Waals surface area contributed by atoms with Crippen LogP contribution < -0.4 is 5.73 Å². The molecule has 0 bridgehead atoms. The molecule has 0 aromatic carbocycles. The highest BCUT2D eigenvalue weighted by Crippen LogP contribution is 2.28. The van der Waals surface area contributed by atoms with Crippen molar-refractivity contribution in [3.8, 4) is 0 Å². The summed E-state index contributed by atoms with van der Waals surface area (Å²) in [5.41, 5.74) is 5.70. The highest BCUT2D eigenvalue weighted by molar-refractivity contribution is 5.76. The third kappa shape index (κ3) is 3.77. The standard InChI is InChI=1S/C15H24N2O2/c1-5-14(3,6-2)13(18)19-11-15(4,16)12-9-7-8-10-17-12/h7-10H,5-6,11,16H2,1-4H3. The predicted octanol–water partition coefficient (Wildman–Crippen LogP) is 2.63. The smallest absolute Gasteiger partial charge is 0.311 e. The second-order valence-corrected chi connectivity index (χ2v) is 5.48. The van der Waals surface area contributed by atoms with Gasteiger partial charge in [0, 0.05) is 6.20 Å². The third-order valence-corrected chi connectivity index (χ3v) is 3.81. The number of nitrogens with zero attached hydrogens (tertiary/aromatic N) is 1. The van der Waals surface area contributed by atoms with Crippen LogP contribution in [0.2, 0.25) is 0 Å². The van der Waals surface area contributed by atoms with Gasteiger partial charge in [0.1, 0.15) is 6.61 Å². The van der Waals surface area contributed by atoms with Crippen molar-refractivity contribution in [1.29, 1.82) is 0 Å². The predicted molar refractivity (Wildman–Crippen MR) is 75.4 cm³/mol. The Hall–Kier alpha value is -1.42. The maximum atomic E-state index is 12.1. The van der Waals surface area contributed by atoms with Gasteiger partial charge in [0.2, 0.25) is 0 Å². The van der Waals surface area contributed by atoms with Gasteiger partial charge in [0.05, 0.1) is 16.6 Å². The normalized spacial score (nSPS) is 14.8. The fraction of sp³-hybridized carbons (Fsp3) is 0.600. The van der Waals surface area contributed by atoms with Gasteiger partial charge < -0.3 is 10.5 Å². The van der Waals surface area contributed by atoms with Gasteiger partial charge in [-0.15, -0.1) is 0 Å². The van der Waals surface area contributed by atoms with E-state index in [1.807, 2.05) is 45.9 Å². The van der Waals surface area contributed by atoms with Crippen LogP contribution in [0, 0.1) is 5.41 Å². The lowest BCUT2D eigenvalue weighted by Crippen LogP contribution is -2.41. The molecule has 0 aliphatic rings. The molecule has 0 aliphatic carbocycles. The summed E-state index contributed by atoms with van der Waals surface area (Å²) in [5, 5.41) is 0. The van der Waals surface area contributed by atoms with Crippen LogP contribution in [0.1, 0.15) is 46.2 Å². The van der Waals surface area contributed by atoms with Crippen molar-refractivity contribution >= 4 is 5.97 Å². The highest BCUT2D eigenvalue weighted by atomic mass is 16.5. The summed E-state index contributed by atoms with van der Waals surface area (Å²) in [5.74, 6) is -0.190. The van der Waals surface area contributed by atoms with E-state index in [1.54, 1.807) is 6.20 Å². The van der Waals surface area contributed by atoms with E-state index in [9.17, 15) is 4.79 Å². The third-order valence-electron chi connectivity index (χ3n) is 3.81. The first-order valence-electron chi connectivity index (χ1n) is 6.73. The van der Waals surface area contributed by atoms with Crippen molar-refractivity contribution in [2.24, 2.45) is 11.1 Å². The lowest BCUT2D eigenvalue weighted by molar-refractivity contribution is -0.157. The summed E-state index contributed by atoms with van der Waals surface area (Å²) < 4.78 is 5.40. The van der Waals surface area contributed by atoms with Crippen molar-refractivity contribution in [3.05, 3.63) is 30.1 Å². The number of hydrogen-bond donors (Lipinski definition) is 1. The van der Waals surface area contributed by atoms with E-state index in [0.717, 1.165) is 18.5 Å². The van der Waals surface area contributed by atoms with Crippen LogP contribution in [0.15, 0.2) is 24.4 Å². The van der Waals surface area contributed by atoms with Crippen molar-refractivity contribution in [2.75, 3.05) is 6.61 Å². The Balaban J connectivity index is 2.69. The number of carbonyl (C=O) groups excluding carboxylic acids is 1. The molecular formula is C15H24N2O2. The van der Waals surface area contributed by atoms with Crippen LogP contribution in [0.5, 0.6) is 0 Å². The number of hydrogen-bond acceptors (Lipinski definition) is 4. The van der Waals surface area contributed by atoms with Gasteiger partial charge >= 0.3 is 5.97 Å². The van der Waals surface area contributed by atoms with Crippen LogP contribution in [-0.2, 0) is 15.1 Å². The minimum absolute atomic E-state index is 0.137. The first kappa shape index (κ1) is 15.6. The summed E-state index contributed by atoms with van der Waals surface area (Å²) in [4.78, 5) is 16.3. The van der Waals surface area contributed by atoms with Gasteiger partial charge in [0.15, 0.2) is 0 Å². The Bertz CT molecular complexity index is 411. The Labute approximate surface area is 115 Å². The molecule has 4 heteroatoms. The number of esters is 1. The maximum Gasteiger partial charge on any atom is 0.311 e. The van der Waals surface area contributed by atoms with Gasteiger partial charge in [-0.05, 0) is 38.8 Å². The van der Waals surface area contributed by atoms with E-state index < -0.39 is 11.0 Å². The summed E-state index contributed by atoms with van der Waals surface area (Å²) in [6.07, 6.45) is 3.20. The second kappa shape index (κ2) is 6.15. The highest BCUT2D eigenvalue weighted by Gasteiger charge is 2.33. The van der Waals surface area contributed by atoms with Gasteiger partial charge in [-0.3, -0.25) is 9.78 Å². The number of ether oxygens (including phenoxy) is 1. The van der Waals surface area contributed by atoms with Gasteiger partial charge in [0.25, 0.3) is 0 Å². The molecule has 0 saturated carbocycles. The molecule has 0 saturated heterocycles. The molecule has 0 fully saturated rings. The Morgan fingerprint density at radius 3 is 2.42 bits per heavy atom. The van der Waals surface area contributed by atoms with E-state index in [2.05, 4.69) is 4.98 Å². The molecule has 1 atom stereocenters. The zero-order valence-corrected chi connectivity index (χ0v) is 12.3. The fourth-order valence-corrected chi connectivity index (χ4v) is 1.70. The zero-order valence-electron chi connectivity index (χ0n) is 12.3. The molecule has 19 heavy (non-hydrogen) atoms. The molecule has 1 aromatic rings. The van der Waals surface area contributed by atoms with Gasteiger partial charge in [-0.1, -0.05) is 19.9 Å². The SMILES string of the molecule is CCC(C)(CC)C(=O)OCC(C)(N)c1ccccn1. The minimum Gasteiger partial charge on any atom is -0.463 e. The van der Waals surface area contributed by atoms with Crippen LogP contribution in [-0.4, -0.2) is 17.6 Å². The number of pyridine rings is 1. The average Bonchev–Trinajstić information content (AvgIpc) is 2.44. The molecule has 1 rings (SSSR count). The zero-order chi connectivity index (χ0) is 14.5. The van der Waals surface area contributed by atoms with Crippen LogP contribution >= 0.6 is 0 Å². The first-order chi connectivity index (χ1) is 8.85. The van der Waals surface area contributed by atoms with E-state index in [-0.39, 0.29) is 12.6 Å². The number of carbonyl (C=O) groups is 1. The van der Waals surface area contributed by atoms with Crippen molar-refractivity contribution in [2.45, 2.75) is 46.1 Å². The summed E-state index contributed by atoms with van der Waals surface area (Å²) in [6.45, 7) is 7.86. The van der Waals surface area contributed by atoms with E-state index >= 15 is 0 Å². The molecule has 0 radical (unpaired) electrons. The number of nitrogens with two attached hydrogens (primary N) is 1. The van der Waals surface area contributed by atoms with Crippen molar-refractivity contribution in [3.63, 3.8) is 0 Å². The van der Waals surface area contributed by atoms with Crippen molar-refractivity contribution < 1.29 is 9.53 Å². The summed E-state index contributed by atoms with van der Waals surface area (Å²) in [7, 11) is 0. The van der Waals surface area contributed by atoms with Gasteiger partial charge in [-0.25, -0.2) is 0 Å². The van der Waals surface area contributed by atoms with E-state index in [4.69, 9.17) is 10.5 Å². The number of aromatic nitrogens is 1. The molecule has 0 amide bonds. The van der Waals surface area contributed by atoms with Crippen LogP contribution in [0.3, 0.4) is 0 Å².